The second-order valence-electron chi connectivity index (χ2n) is 4.86. The van der Waals surface area contributed by atoms with Crippen LogP contribution < -0.4 is 26.3 Å². The minimum atomic E-state index is -4.65. The average molecular weight is 379 g/mol. The summed E-state index contributed by atoms with van der Waals surface area (Å²) in [5.41, 5.74) is 0.923. The fraction of sp³-hybridized carbons (Fsp3) is 0.400. The molecule has 0 saturated heterocycles. The highest BCUT2D eigenvalue weighted by Gasteiger charge is 2.30. The number of hydrogen-bond donors (Lipinski definition) is 0. The Kier molecular flexibility index (Phi) is 6.47. The van der Waals surface area contributed by atoms with Gasteiger partial charge in [-0.25, -0.2) is 9.13 Å². The van der Waals surface area contributed by atoms with Gasteiger partial charge < -0.3 is 21.7 Å². The number of imidazole rings is 1. The highest BCUT2D eigenvalue weighted by atomic mass is 79.9. The molecule has 7 heteroatoms. The van der Waals surface area contributed by atoms with E-state index < -0.39 is 6.36 Å². The topological polar surface area (TPSA) is 18.0 Å². The summed E-state index contributed by atoms with van der Waals surface area (Å²) in [6, 6.07) is 5.96. The first-order chi connectivity index (χ1) is 9.89. The Morgan fingerprint density at radius 3 is 2.36 bits per heavy atom. The van der Waals surface area contributed by atoms with Crippen LogP contribution in [0.25, 0.3) is 0 Å². The maximum Gasteiger partial charge on any atom is 0.573 e. The van der Waals surface area contributed by atoms with Gasteiger partial charge in [0.2, 0.25) is 0 Å². The maximum atomic E-state index is 12.1. The van der Waals surface area contributed by atoms with E-state index in [0.717, 1.165) is 24.4 Å². The molecule has 0 atom stereocenters. The molecule has 0 amide bonds. The molecule has 0 N–H and O–H groups in total. The summed E-state index contributed by atoms with van der Waals surface area (Å²) in [7, 11) is 0. The molecule has 22 heavy (non-hydrogen) atoms. The second-order valence-corrected chi connectivity index (χ2v) is 4.86. The number of benzene rings is 1. The number of rotatable bonds is 5. The highest BCUT2D eigenvalue weighted by Crippen LogP contribution is 2.22. The Hall–Kier alpha value is -1.50. The molecule has 0 saturated carbocycles. The molecule has 0 radical (unpaired) electrons. The summed E-state index contributed by atoms with van der Waals surface area (Å²) in [4.78, 5) is 0. The summed E-state index contributed by atoms with van der Waals surface area (Å²) in [5.74, 6) is 0.920. The quantitative estimate of drug-likeness (QED) is 0.690. The fourth-order valence-corrected chi connectivity index (χ4v) is 2.18. The lowest BCUT2D eigenvalue weighted by atomic mass is 10.2. The van der Waals surface area contributed by atoms with Crippen molar-refractivity contribution in [1.29, 1.82) is 0 Å². The lowest BCUT2D eigenvalue weighted by Crippen LogP contribution is -3.00. The van der Waals surface area contributed by atoms with Crippen LogP contribution in [-0.4, -0.2) is 10.9 Å². The average Bonchev–Trinajstić information content (AvgIpc) is 2.73. The Bertz CT molecular complexity index is 594. The van der Waals surface area contributed by atoms with E-state index in [0.29, 0.717) is 6.54 Å². The van der Waals surface area contributed by atoms with Crippen LogP contribution >= 0.6 is 0 Å². The van der Waals surface area contributed by atoms with Crippen molar-refractivity contribution in [2.75, 3.05) is 0 Å². The van der Waals surface area contributed by atoms with E-state index in [1.165, 1.54) is 12.1 Å². The molecular weight excluding hydrogens is 361 g/mol. The smallest absolute Gasteiger partial charge is 0.573 e. The number of halogens is 4. The number of hydrogen-bond acceptors (Lipinski definition) is 1. The van der Waals surface area contributed by atoms with Gasteiger partial charge in [-0.15, -0.1) is 13.2 Å². The molecule has 0 unspecified atom stereocenters. The monoisotopic (exact) mass is 378 g/mol. The van der Waals surface area contributed by atoms with Crippen LogP contribution in [0.5, 0.6) is 5.75 Å². The molecule has 0 spiro atoms. The van der Waals surface area contributed by atoms with Crippen LogP contribution in [0.2, 0.25) is 0 Å². The Balaban J connectivity index is 0.00000242. The van der Waals surface area contributed by atoms with Gasteiger partial charge in [-0.3, -0.25) is 0 Å². The summed E-state index contributed by atoms with van der Waals surface area (Å²) in [5, 5.41) is 0. The zero-order valence-corrected chi connectivity index (χ0v) is 14.0. The minimum Gasteiger partial charge on any atom is -1.00 e. The van der Waals surface area contributed by atoms with Gasteiger partial charge in [0.15, 0.2) is 0 Å². The van der Waals surface area contributed by atoms with Crippen molar-refractivity contribution in [3.63, 3.8) is 0 Å². The standard InChI is InChI=1S/C15H18F3N2O.BrH/c1-3-8-19-9-10-20(12(19)2)11-13-4-6-14(7-5-13)21-15(16,17)18;/h4-7,9-10H,3,8,11H2,1-2H3;1H/q+1;/p-1. The van der Waals surface area contributed by atoms with E-state index in [2.05, 4.69) is 20.8 Å². The summed E-state index contributed by atoms with van der Waals surface area (Å²) < 4.78 is 44.3. The number of aromatic nitrogens is 2. The van der Waals surface area contributed by atoms with Crippen LogP contribution in [0, 0.1) is 6.92 Å². The van der Waals surface area contributed by atoms with Gasteiger partial charge in [0.25, 0.3) is 5.82 Å². The van der Waals surface area contributed by atoms with E-state index in [1.54, 1.807) is 12.1 Å². The second kappa shape index (κ2) is 7.67. The first kappa shape index (κ1) is 18.5. The van der Waals surface area contributed by atoms with E-state index in [1.807, 2.05) is 19.3 Å². The molecule has 0 aliphatic carbocycles. The van der Waals surface area contributed by atoms with Crippen LogP contribution in [0.4, 0.5) is 13.2 Å². The molecule has 0 fully saturated rings. The van der Waals surface area contributed by atoms with E-state index in [9.17, 15) is 13.2 Å². The molecule has 1 heterocycles. The van der Waals surface area contributed by atoms with E-state index in [4.69, 9.17) is 0 Å². The van der Waals surface area contributed by atoms with Crippen LogP contribution in [0.15, 0.2) is 36.7 Å². The van der Waals surface area contributed by atoms with Crippen molar-refractivity contribution < 1.29 is 39.5 Å². The lowest BCUT2D eigenvalue weighted by molar-refractivity contribution is -0.694. The van der Waals surface area contributed by atoms with Gasteiger partial charge in [-0.05, 0) is 24.1 Å². The van der Waals surface area contributed by atoms with E-state index >= 15 is 0 Å². The summed E-state index contributed by atoms with van der Waals surface area (Å²) >= 11 is 0. The van der Waals surface area contributed by atoms with Crippen molar-refractivity contribution in [2.45, 2.75) is 39.7 Å². The zero-order valence-electron chi connectivity index (χ0n) is 12.4. The third-order valence-electron chi connectivity index (χ3n) is 3.23. The predicted octanol–water partition coefficient (Wildman–Crippen LogP) is 0.445. The molecular formula is C15H18BrF3N2O. The minimum absolute atomic E-state index is 0. The first-order valence-electron chi connectivity index (χ1n) is 6.79. The van der Waals surface area contributed by atoms with Gasteiger partial charge in [0.05, 0.1) is 6.54 Å². The normalized spacial score (nSPS) is 11.1. The Morgan fingerprint density at radius 1 is 1.18 bits per heavy atom. The molecule has 0 aliphatic rings. The van der Waals surface area contributed by atoms with Crippen LogP contribution in [-0.2, 0) is 13.1 Å². The lowest BCUT2D eigenvalue weighted by Gasteiger charge is -2.09. The predicted molar refractivity (Wildman–Crippen MR) is 71.9 cm³/mol. The van der Waals surface area contributed by atoms with Crippen LogP contribution in [0.1, 0.15) is 24.7 Å². The molecule has 2 rings (SSSR count). The summed E-state index contributed by atoms with van der Waals surface area (Å²) in [6.07, 6.45) is 0.397. The van der Waals surface area contributed by atoms with Crippen molar-refractivity contribution >= 4 is 0 Å². The van der Waals surface area contributed by atoms with Gasteiger partial charge in [-0.1, -0.05) is 19.1 Å². The molecule has 3 nitrogen and oxygen atoms in total. The van der Waals surface area contributed by atoms with Crippen molar-refractivity contribution in [3.8, 4) is 5.75 Å². The molecule has 1 aromatic heterocycles. The number of alkyl halides is 3. The van der Waals surface area contributed by atoms with Gasteiger partial charge in [0.1, 0.15) is 24.7 Å². The molecule has 2 aromatic rings. The first-order valence-corrected chi connectivity index (χ1v) is 6.79. The fourth-order valence-electron chi connectivity index (χ4n) is 2.18. The number of nitrogens with zero attached hydrogens (tertiary/aromatic N) is 2. The largest absolute Gasteiger partial charge is 1.00 e. The van der Waals surface area contributed by atoms with Crippen molar-refractivity contribution in [1.82, 2.24) is 4.57 Å². The highest BCUT2D eigenvalue weighted by molar-refractivity contribution is 5.26. The number of aryl methyl sites for hydroxylation is 1. The SMILES string of the molecule is CCCn1cc[n+](Cc2ccc(OC(F)(F)F)cc2)c1C.[Br-]. The van der Waals surface area contributed by atoms with Gasteiger partial charge in [0, 0.05) is 6.92 Å². The zero-order chi connectivity index (χ0) is 15.5. The van der Waals surface area contributed by atoms with E-state index in [-0.39, 0.29) is 22.7 Å². The Labute approximate surface area is 138 Å². The third-order valence-corrected chi connectivity index (χ3v) is 3.23. The van der Waals surface area contributed by atoms with Gasteiger partial charge in [-0.2, -0.15) is 0 Å². The molecule has 1 aromatic carbocycles. The molecule has 122 valence electrons. The number of ether oxygens (including phenoxy) is 1. The van der Waals surface area contributed by atoms with Crippen molar-refractivity contribution in [3.05, 3.63) is 48.0 Å². The molecule has 0 aliphatic heterocycles. The van der Waals surface area contributed by atoms with Crippen molar-refractivity contribution in [2.24, 2.45) is 0 Å². The van der Waals surface area contributed by atoms with Crippen LogP contribution in [0.3, 0.4) is 0 Å². The summed E-state index contributed by atoms with van der Waals surface area (Å²) in [6.45, 7) is 5.71. The third kappa shape index (κ3) is 5.05. The molecule has 0 bridgehead atoms. The Morgan fingerprint density at radius 2 is 1.82 bits per heavy atom. The van der Waals surface area contributed by atoms with Gasteiger partial charge >= 0.3 is 6.36 Å². The maximum absolute atomic E-state index is 12.1.